The average Bonchev–Trinajstić information content (AvgIpc) is 4.07. The van der Waals surface area contributed by atoms with Crippen molar-refractivity contribution < 1.29 is 33.3 Å². The van der Waals surface area contributed by atoms with Gasteiger partial charge in [-0.2, -0.15) is 10.2 Å². The van der Waals surface area contributed by atoms with Crippen molar-refractivity contribution >= 4 is 87.2 Å². The van der Waals surface area contributed by atoms with Gasteiger partial charge < -0.3 is 43.9 Å². The number of hydrogen-bond donors (Lipinski definition) is 3. The molecule has 68 heavy (non-hydrogen) atoms. The van der Waals surface area contributed by atoms with Gasteiger partial charge in [-0.05, 0) is 42.4 Å². The molecule has 0 aliphatic carbocycles. The predicted molar refractivity (Wildman–Crippen MR) is 265 cm³/mol. The minimum atomic E-state index is -1.23. The molecule has 2 aromatic carbocycles. The first-order chi connectivity index (χ1) is 32.6. The molecule has 6 aromatic heterocycles. The average molecular weight is 988 g/mol. The number of fused-ring (bicyclic) bond motifs is 4. The number of carbonyl (C=O) groups excluding carboxylic acids is 2. The first-order valence-corrected chi connectivity index (χ1v) is 26.2. The van der Waals surface area contributed by atoms with Gasteiger partial charge in [-0.15, -0.1) is 0 Å². The van der Waals surface area contributed by atoms with E-state index in [1.54, 1.807) is 62.6 Å². The summed E-state index contributed by atoms with van der Waals surface area (Å²) in [6.45, 7) is 9.15. The van der Waals surface area contributed by atoms with E-state index in [4.69, 9.17) is 56.9 Å². The number of nitrogens with zero attached hydrogens (tertiary/aromatic N) is 9. The van der Waals surface area contributed by atoms with Crippen LogP contribution >= 0.6 is 23.2 Å². The van der Waals surface area contributed by atoms with Crippen molar-refractivity contribution in [3.05, 3.63) is 82.4 Å². The smallest absolute Gasteiger partial charge is 0.255 e. The Hall–Kier alpha value is -5.84. The molecule has 0 unspecified atom stereocenters. The standard InChI is InChI=1S/C26H35ClN6O4Si.C20H21ClN6O3/c1-32-22-11-17(27)7-8-19(22)23(31-32)21-12-28-25-24(30-21)20(26(34)29-18(14-35-2)15-36-3)13-33(25)16-37-9-10-38(4,5)6;1-27-16-6-11(21)4-5-13(16)17(26-27)15-8-23-19-18(25-15)14(7-22-19)20(28)24-12(9-29-2)10-30-3/h7-8,11-13,18H,9-10,14-16H2,1-6H3,(H,29,34);4-8,12H,9-10H2,1-3H3,(H,22,23)(H,24,28). The molecule has 3 N–H and O–H groups in total. The van der Waals surface area contributed by atoms with Gasteiger partial charge >= 0.3 is 0 Å². The Balaban J connectivity index is 0.000000207. The van der Waals surface area contributed by atoms with Gasteiger partial charge in [0, 0.05) is 90.4 Å². The Kier molecular flexibility index (Phi) is 16.2. The molecule has 19 nitrogen and oxygen atoms in total. The fraction of sp³-hybridized carbons (Fsp3) is 0.391. The summed E-state index contributed by atoms with van der Waals surface area (Å²) in [4.78, 5) is 47.9. The van der Waals surface area contributed by atoms with Crippen molar-refractivity contribution in [3.63, 3.8) is 0 Å². The summed E-state index contributed by atoms with van der Waals surface area (Å²) < 4.78 is 32.1. The van der Waals surface area contributed by atoms with Gasteiger partial charge in [-0.25, -0.2) is 19.9 Å². The number of nitrogens with one attached hydrogen (secondary N) is 3. The molecule has 360 valence electrons. The van der Waals surface area contributed by atoms with Crippen molar-refractivity contribution in [2.75, 3.05) is 61.5 Å². The summed E-state index contributed by atoms with van der Waals surface area (Å²) in [5.41, 5.74) is 7.00. The third kappa shape index (κ3) is 11.5. The van der Waals surface area contributed by atoms with Crippen LogP contribution in [0.5, 0.6) is 0 Å². The van der Waals surface area contributed by atoms with Crippen LogP contribution < -0.4 is 10.6 Å². The highest BCUT2D eigenvalue weighted by atomic mass is 35.5. The molecular formula is C46H56Cl2N12O7Si. The summed E-state index contributed by atoms with van der Waals surface area (Å²) in [5.74, 6) is -0.580. The number of hydrogen-bond acceptors (Lipinski definition) is 13. The van der Waals surface area contributed by atoms with Gasteiger partial charge in [0.15, 0.2) is 11.3 Å². The molecular weight excluding hydrogens is 932 g/mol. The second-order valence-corrected chi connectivity index (χ2v) is 23.9. The molecule has 6 heterocycles. The molecule has 0 radical (unpaired) electrons. The Labute approximate surface area is 403 Å². The molecule has 2 amide bonds. The number of benzene rings is 2. The van der Waals surface area contributed by atoms with E-state index >= 15 is 0 Å². The number of carbonyl (C=O) groups is 2. The molecule has 0 bridgehead atoms. The van der Waals surface area contributed by atoms with E-state index < -0.39 is 8.07 Å². The van der Waals surface area contributed by atoms with Crippen molar-refractivity contribution in [1.29, 1.82) is 0 Å². The second kappa shape index (κ2) is 22.1. The van der Waals surface area contributed by atoms with E-state index in [1.165, 1.54) is 0 Å². The molecule has 0 atom stereocenters. The molecule has 8 rings (SSSR count). The SMILES string of the molecule is COCC(COC)NC(=O)c1c[nH]c2ncc(-c3nn(C)c4cc(Cl)ccc34)nc12.COCC(COC)NC(=O)c1cn(COCC[Si](C)(C)C)c2ncc(-c3nn(C)c4cc(Cl)ccc34)nc12. The molecule has 0 aliphatic heterocycles. The third-order valence-corrected chi connectivity index (χ3v) is 13.1. The van der Waals surface area contributed by atoms with E-state index in [0.29, 0.717) is 99.3 Å². The monoisotopic (exact) mass is 986 g/mol. The molecule has 0 fully saturated rings. The Bertz CT molecular complexity index is 3040. The summed E-state index contributed by atoms with van der Waals surface area (Å²) in [6, 6.07) is 11.6. The highest BCUT2D eigenvalue weighted by molar-refractivity contribution is 6.76. The summed E-state index contributed by atoms with van der Waals surface area (Å²) in [5, 5.41) is 18.2. The van der Waals surface area contributed by atoms with Crippen LogP contribution in [0, 0.1) is 0 Å². The second-order valence-electron chi connectivity index (χ2n) is 17.4. The number of aromatic nitrogens is 10. The number of halogens is 2. The lowest BCUT2D eigenvalue weighted by molar-refractivity contribution is 0.0774. The van der Waals surface area contributed by atoms with E-state index in [1.807, 2.05) is 55.1 Å². The Morgan fingerprint density at radius 1 is 0.721 bits per heavy atom. The number of ether oxygens (including phenoxy) is 5. The van der Waals surface area contributed by atoms with E-state index in [2.05, 4.69) is 55.4 Å². The zero-order chi connectivity index (χ0) is 48.7. The van der Waals surface area contributed by atoms with Crippen molar-refractivity contribution in [1.82, 2.24) is 59.7 Å². The van der Waals surface area contributed by atoms with Crippen molar-refractivity contribution in [3.8, 4) is 22.8 Å². The third-order valence-electron chi connectivity index (χ3n) is 10.9. The Morgan fingerprint density at radius 3 is 1.74 bits per heavy atom. The molecule has 22 heteroatoms. The first-order valence-electron chi connectivity index (χ1n) is 21.7. The van der Waals surface area contributed by atoms with Crippen LogP contribution in [0.15, 0.2) is 61.2 Å². The fourth-order valence-corrected chi connectivity index (χ4v) is 8.67. The number of aryl methyl sites for hydroxylation is 2. The lowest BCUT2D eigenvalue weighted by atomic mass is 10.1. The molecule has 0 saturated heterocycles. The van der Waals surface area contributed by atoms with Crippen molar-refractivity contribution in [2.45, 2.75) is 44.5 Å². The van der Waals surface area contributed by atoms with Crippen LogP contribution in [0.3, 0.4) is 0 Å². The number of methoxy groups -OCH3 is 4. The maximum Gasteiger partial charge on any atom is 0.255 e. The molecule has 0 spiro atoms. The van der Waals surface area contributed by atoms with Crippen LogP contribution in [-0.2, 0) is 44.5 Å². The van der Waals surface area contributed by atoms with Gasteiger partial charge in [0.25, 0.3) is 11.8 Å². The van der Waals surface area contributed by atoms with Gasteiger partial charge in [0.1, 0.15) is 40.5 Å². The van der Waals surface area contributed by atoms with Crippen LogP contribution in [0.25, 0.3) is 66.9 Å². The summed E-state index contributed by atoms with van der Waals surface area (Å²) in [6.07, 6.45) is 6.65. The Morgan fingerprint density at radius 2 is 1.22 bits per heavy atom. The normalized spacial score (nSPS) is 12.0. The van der Waals surface area contributed by atoms with Gasteiger partial charge in [-0.1, -0.05) is 42.8 Å². The number of H-pyrrole nitrogens is 1. The lowest BCUT2D eigenvalue weighted by Gasteiger charge is -2.16. The number of aromatic amines is 1. The van der Waals surface area contributed by atoms with Gasteiger partial charge in [0.2, 0.25) is 0 Å². The first kappa shape index (κ1) is 50.0. The van der Waals surface area contributed by atoms with Crippen molar-refractivity contribution in [2.24, 2.45) is 14.1 Å². The maximum atomic E-state index is 13.4. The summed E-state index contributed by atoms with van der Waals surface area (Å²) >= 11 is 12.3. The zero-order valence-electron chi connectivity index (χ0n) is 39.5. The van der Waals surface area contributed by atoms with Gasteiger partial charge in [-0.3, -0.25) is 19.0 Å². The topological polar surface area (TPSA) is 212 Å². The van der Waals surface area contributed by atoms with Crippen LogP contribution in [-0.4, -0.2) is 142 Å². The van der Waals surface area contributed by atoms with Crippen LogP contribution in [0.1, 0.15) is 20.7 Å². The van der Waals surface area contributed by atoms with E-state index in [0.717, 1.165) is 27.8 Å². The zero-order valence-corrected chi connectivity index (χ0v) is 42.0. The fourth-order valence-electron chi connectivity index (χ4n) is 7.58. The molecule has 8 aromatic rings. The highest BCUT2D eigenvalue weighted by Crippen LogP contribution is 2.31. The largest absolute Gasteiger partial charge is 0.382 e. The summed E-state index contributed by atoms with van der Waals surface area (Å²) in [7, 11) is 8.78. The minimum Gasteiger partial charge on any atom is -0.382 e. The minimum absolute atomic E-state index is 0.271. The number of amides is 2. The maximum absolute atomic E-state index is 13.4. The van der Waals surface area contributed by atoms with Crippen LogP contribution in [0.4, 0.5) is 0 Å². The predicted octanol–water partition coefficient (Wildman–Crippen LogP) is 6.90. The highest BCUT2D eigenvalue weighted by Gasteiger charge is 2.24. The molecule has 0 aliphatic rings. The quantitative estimate of drug-likeness (QED) is 0.0557. The number of rotatable bonds is 19. The van der Waals surface area contributed by atoms with Crippen LogP contribution in [0.2, 0.25) is 35.7 Å². The lowest BCUT2D eigenvalue weighted by Crippen LogP contribution is -2.41. The van der Waals surface area contributed by atoms with E-state index in [9.17, 15) is 9.59 Å². The molecule has 0 saturated carbocycles. The van der Waals surface area contributed by atoms with Gasteiger partial charge in [0.05, 0.1) is 73.1 Å². The van der Waals surface area contributed by atoms with E-state index in [-0.39, 0.29) is 30.6 Å².